The van der Waals surface area contributed by atoms with Crippen LogP contribution in [0.3, 0.4) is 0 Å². The lowest BCUT2D eigenvalue weighted by Crippen LogP contribution is -2.29. The summed E-state index contributed by atoms with van der Waals surface area (Å²) in [7, 11) is 0. The molecule has 0 radical (unpaired) electrons. The van der Waals surface area contributed by atoms with E-state index in [4.69, 9.17) is 0 Å². The Hall–Kier alpha value is -1.36. The monoisotopic (exact) mass is 237 g/mol. The number of hydrogen-bond donors (Lipinski definition) is 2. The molecule has 1 aliphatic heterocycles. The molecule has 2 heterocycles. The second-order valence-electron chi connectivity index (χ2n) is 4.93. The van der Waals surface area contributed by atoms with Gasteiger partial charge in [0.1, 0.15) is 5.82 Å². The van der Waals surface area contributed by atoms with Gasteiger partial charge < -0.3 is 15.0 Å². The fourth-order valence-corrected chi connectivity index (χ4v) is 2.14. The largest absolute Gasteiger partial charge is 0.477 e. The number of carbonyl (C=O) groups is 1. The van der Waals surface area contributed by atoms with Crippen molar-refractivity contribution in [3.63, 3.8) is 0 Å². The number of aromatic carboxylic acids is 1. The minimum absolute atomic E-state index is 0.166. The maximum Gasteiger partial charge on any atom is 0.354 e. The zero-order valence-electron chi connectivity index (χ0n) is 10.5. The molecule has 17 heavy (non-hydrogen) atoms. The molecule has 2 N–H and O–H groups in total. The number of rotatable bonds is 3. The smallest absolute Gasteiger partial charge is 0.354 e. The van der Waals surface area contributed by atoms with E-state index in [9.17, 15) is 9.90 Å². The zero-order chi connectivity index (χ0) is 12.6. The van der Waals surface area contributed by atoms with Crippen LogP contribution in [-0.4, -0.2) is 27.2 Å². The van der Waals surface area contributed by atoms with Crippen molar-refractivity contribution in [1.82, 2.24) is 14.9 Å². The van der Waals surface area contributed by atoms with Gasteiger partial charge in [0.15, 0.2) is 5.69 Å². The number of hydrogen-bond acceptors (Lipinski definition) is 3. The van der Waals surface area contributed by atoms with Gasteiger partial charge in [0.05, 0.1) is 12.2 Å². The van der Waals surface area contributed by atoms with Gasteiger partial charge in [0, 0.05) is 19.0 Å². The molecule has 2 rings (SSSR count). The minimum Gasteiger partial charge on any atom is -0.477 e. The van der Waals surface area contributed by atoms with E-state index in [0.29, 0.717) is 24.7 Å². The number of aromatic nitrogens is 2. The summed E-state index contributed by atoms with van der Waals surface area (Å²) >= 11 is 0. The average molecular weight is 237 g/mol. The molecule has 0 fully saturated rings. The Kier molecular flexibility index (Phi) is 3.19. The van der Waals surface area contributed by atoms with Crippen molar-refractivity contribution in [2.24, 2.45) is 5.92 Å². The van der Waals surface area contributed by atoms with Gasteiger partial charge in [-0.2, -0.15) is 0 Å². The van der Waals surface area contributed by atoms with Gasteiger partial charge >= 0.3 is 5.97 Å². The Morgan fingerprint density at radius 2 is 2.18 bits per heavy atom. The fraction of sp³-hybridized carbons (Fsp3) is 0.667. The van der Waals surface area contributed by atoms with Crippen LogP contribution in [-0.2, 0) is 13.1 Å². The van der Waals surface area contributed by atoms with E-state index in [1.165, 1.54) is 0 Å². The van der Waals surface area contributed by atoms with Gasteiger partial charge in [-0.1, -0.05) is 20.8 Å². The van der Waals surface area contributed by atoms with Crippen LogP contribution in [0, 0.1) is 5.92 Å². The molecule has 0 aromatic carbocycles. The number of carboxylic acid groups (broad SMARTS) is 1. The maximum absolute atomic E-state index is 11.4. The molecule has 5 nitrogen and oxygen atoms in total. The third kappa shape index (κ3) is 2.07. The Morgan fingerprint density at radius 1 is 1.47 bits per heavy atom. The summed E-state index contributed by atoms with van der Waals surface area (Å²) in [6.07, 6.45) is 0. The van der Waals surface area contributed by atoms with Crippen LogP contribution in [0.5, 0.6) is 0 Å². The fourth-order valence-electron chi connectivity index (χ4n) is 2.14. The zero-order valence-corrected chi connectivity index (χ0v) is 10.5. The standard InChI is InChI=1S/C12H19N3O2/c1-7(2)8(3)10-11(12(16)17)15-5-4-13-6-9(15)14-10/h7-8,13H,4-6H2,1-3H3,(H,16,17)/t8-/m1/s1. The van der Waals surface area contributed by atoms with E-state index in [1.54, 1.807) is 0 Å². The maximum atomic E-state index is 11.4. The van der Waals surface area contributed by atoms with Crippen LogP contribution in [0.2, 0.25) is 0 Å². The number of carboxylic acids is 1. The first-order valence-corrected chi connectivity index (χ1v) is 6.05. The van der Waals surface area contributed by atoms with Crippen LogP contribution in [0.25, 0.3) is 0 Å². The molecule has 5 heteroatoms. The number of nitrogens with one attached hydrogen (secondary N) is 1. The van der Waals surface area contributed by atoms with Crippen molar-refractivity contribution in [1.29, 1.82) is 0 Å². The summed E-state index contributed by atoms with van der Waals surface area (Å²) in [5, 5.41) is 12.6. The van der Waals surface area contributed by atoms with Gasteiger partial charge in [0.2, 0.25) is 0 Å². The highest BCUT2D eigenvalue weighted by Gasteiger charge is 2.28. The van der Waals surface area contributed by atoms with Gasteiger partial charge in [0.25, 0.3) is 0 Å². The highest BCUT2D eigenvalue weighted by molar-refractivity contribution is 5.87. The van der Waals surface area contributed by atoms with E-state index in [1.807, 2.05) is 11.5 Å². The molecule has 1 aromatic heterocycles. The number of fused-ring (bicyclic) bond motifs is 1. The summed E-state index contributed by atoms with van der Waals surface area (Å²) in [4.78, 5) is 15.9. The van der Waals surface area contributed by atoms with E-state index in [2.05, 4.69) is 24.1 Å². The quantitative estimate of drug-likeness (QED) is 0.835. The molecule has 0 bridgehead atoms. The second-order valence-corrected chi connectivity index (χ2v) is 4.93. The van der Waals surface area contributed by atoms with E-state index in [0.717, 1.165) is 18.1 Å². The first-order chi connectivity index (χ1) is 8.02. The van der Waals surface area contributed by atoms with Crippen molar-refractivity contribution >= 4 is 5.97 Å². The lowest BCUT2D eigenvalue weighted by molar-refractivity contribution is 0.0681. The predicted molar refractivity (Wildman–Crippen MR) is 64.1 cm³/mol. The van der Waals surface area contributed by atoms with Crippen molar-refractivity contribution in [2.75, 3.05) is 6.54 Å². The SMILES string of the molecule is CC(C)[C@@H](C)c1nc2n(c1C(=O)O)CCNC2. The second kappa shape index (κ2) is 4.49. The van der Waals surface area contributed by atoms with Crippen LogP contribution >= 0.6 is 0 Å². The van der Waals surface area contributed by atoms with Crippen molar-refractivity contribution in [3.05, 3.63) is 17.2 Å². The van der Waals surface area contributed by atoms with Gasteiger partial charge in [-0.05, 0) is 5.92 Å². The summed E-state index contributed by atoms with van der Waals surface area (Å²) in [5.74, 6) is 0.529. The number of nitrogens with zero attached hydrogens (tertiary/aromatic N) is 2. The highest BCUT2D eigenvalue weighted by atomic mass is 16.4. The van der Waals surface area contributed by atoms with E-state index in [-0.39, 0.29) is 5.92 Å². The van der Waals surface area contributed by atoms with Crippen LogP contribution in [0.15, 0.2) is 0 Å². The molecule has 0 unspecified atom stereocenters. The first kappa shape index (κ1) is 12.1. The molecule has 0 saturated heterocycles. The number of imidazole rings is 1. The molecule has 0 saturated carbocycles. The predicted octanol–water partition coefficient (Wildman–Crippen LogP) is 1.44. The van der Waals surface area contributed by atoms with Crippen molar-refractivity contribution in [3.8, 4) is 0 Å². The van der Waals surface area contributed by atoms with Gasteiger partial charge in [-0.15, -0.1) is 0 Å². The third-order valence-corrected chi connectivity index (χ3v) is 3.50. The van der Waals surface area contributed by atoms with Crippen LogP contribution in [0.4, 0.5) is 0 Å². The molecule has 0 aliphatic carbocycles. The van der Waals surface area contributed by atoms with E-state index < -0.39 is 5.97 Å². The average Bonchev–Trinajstić information content (AvgIpc) is 2.66. The molecule has 0 amide bonds. The third-order valence-electron chi connectivity index (χ3n) is 3.50. The lowest BCUT2D eigenvalue weighted by atomic mass is 9.93. The molecule has 1 atom stereocenters. The molecule has 0 spiro atoms. The Balaban J connectivity index is 2.51. The topological polar surface area (TPSA) is 67.2 Å². The Labute approximate surface area is 101 Å². The molecule has 94 valence electrons. The summed E-state index contributed by atoms with van der Waals surface area (Å²) < 4.78 is 1.84. The van der Waals surface area contributed by atoms with E-state index >= 15 is 0 Å². The summed E-state index contributed by atoms with van der Waals surface area (Å²) in [6, 6.07) is 0. The van der Waals surface area contributed by atoms with Crippen molar-refractivity contribution < 1.29 is 9.90 Å². The molecular formula is C12H19N3O2. The molecular weight excluding hydrogens is 218 g/mol. The lowest BCUT2D eigenvalue weighted by Gasteiger charge is -2.17. The summed E-state index contributed by atoms with van der Waals surface area (Å²) in [5.41, 5.74) is 1.11. The Bertz CT molecular complexity index is 437. The highest BCUT2D eigenvalue weighted by Crippen LogP contribution is 2.27. The summed E-state index contributed by atoms with van der Waals surface area (Å²) in [6.45, 7) is 8.37. The molecule has 1 aromatic rings. The first-order valence-electron chi connectivity index (χ1n) is 6.05. The van der Waals surface area contributed by atoms with Gasteiger partial charge in [-0.3, -0.25) is 0 Å². The van der Waals surface area contributed by atoms with Crippen LogP contribution < -0.4 is 5.32 Å². The van der Waals surface area contributed by atoms with Gasteiger partial charge in [-0.25, -0.2) is 9.78 Å². The normalized spacial score (nSPS) is 16.9. The molecule has 1 aliphatic rings. The minimum atomic E-state index is -0.867. The Morgan fingerprint density at radius 3 is 2.76 bits per heavy atom. The van der Waals surface area contributed by atoms with Crippen molar-refractivity contribution in [2.45, 2.75) is 39.8 Å². The van der Waals surface area contributed by atoms with Crippen LogP contribution in [0.1, 0.15) is 48.7 Å².